The summed E-state index contributed by atoms with van der Waals surface area (Å²) < 4.78 is 0. The molecule has 1 unspecified atom stereocenters. The van der Waals surface area contributed by atoms with Crippen LogP contribution in [0.15, 0.2) is 18.2 Å². The number of hydrogen-bond donors (Lipinski definition) is 3. The lowest BCUT2D eigenvalue weighted by atomic mass is 10.1. The zero-order chi connectivity index (χ0) is 12.4. The lowest BCUT2D eigenvalue weighted by Crippen LogP contribution is -2.36. The molecule has 0 saturated heterocycles. The summed E-state index contributed by atoms with van der Waals surface area (Å²) in [4.78, 5) is 22.8. The molecule has 5 nitrogen and oxygen atoms in total. The van der Waals surface area contributed by atoms with Crippen molar-refractivity contribution >= 4 is 29.1 Å². The van der Waals surface area contributed by atoms with Crippen molar-refractivity contribution in [2.75, 3.05) is 18.9 Å². The van der Waals surface area contributed by atoms with Crippen molar-refractivity contribution in [2.45, 2.75) is 6.04 Å². The molecule has 0 aromatic heterocycles. The van der Waals surface area contributed by atoms with Gasteiger partial charge in [-0.3, -0.25) is 14.9 Å². The number of nitrogens with one attached hydrogen (secondary N) is 3. The number of rotatable bonds is 3. The Kier molecular flexibility index (Phi) is 3.31. The summed E-state index contributed by atoms with van der Waals surface area (Å²) in [5, 5.41) is 8.65. The van der Waals surface area contributed by atoms with Crippen LogP contribution in [0.3, 0.4) is 0 Å². The van der Waals surface area contributed by atoms with Crippen LogP contribution in [0.2, 0.25) is 5.02 Å². The topological polar surface area (TPSA) is 70.2 Å². The number of halogens is 1. The molecule has 90 valence electrons. The van der Waals surface area contributed by atoms with Crippen LogP contribution in [0, 0.1) is 0 Å². The van der Waals surface area contributed by atoms with Crippen LogP contribution in [0.1, 0.15) is 11.6 Å². The molecular formula is C11H12ClN3O2. The van der Waals surface area contributed by atoms with Gasteiger partial charge in [0.1, 0.15) is 6.04 Å². The molecule has 1 aliphatic rings. The van der Waals surface area contributed by atoms with Crippen molar-refractivity contribution in [1.82, 2.24) is 10.6 Å². The first kappa shape index (κ1) is 11.9. The van der Waals surface area contributed by atoms with Gasteiger partial charge >= 0.3 is 0 Å². The van der Waals surface area contributed by atoms with Crippen molar-refractivity contribution in [2.24, 2.45) is 0 Å². The standard InChI is InChI=1S/C11H12ClN3O2/c1-13-9(16)5-14-10-7-4-6(12)2-3-8(7)15-11(10)17/h2-4,10,14H,5H2,1H3,(H,13,16)(H,15,17). The summed E-state index contributed by atoms with van der Waals surface area (Å²) in [6.45, 7) is 0.0839. The molecule has 2 rings (SSSR count). The van der Waals surface area contributed by atoms with E-state index in [-0.39, 0.29) is 18.4 Å². The van der Waals surface area contributed by atoms with E-state index in [1.54, 1.807) is 25.2 Å². The predicted molar refractivity (Wildman–Crippen MR) is 64.9 cm³/mol. The van der Waals surface area contributed by atoms with E-state index in [2.05, 4.69) is 16.0 Å². The summed E-state index contributed by atoms with van der Waals surface area (Å²) in [5.41, 5.74) is 1.50. The van der Waals surface area contributed by atoms with Gasteiger partial charge in [0.2, 0.25) is 11.8 Å². The van der Waals surface area contributed by atoms with E-state index in [1.165, 1.54) is 0 Å². The Balaban J connectivity index is 2.16. The van der Waals surface area contributed by atoms with Crippen molar-refractivity contribution in [3.05, 3.63) is 28.8 Å². The molecule has 1 heterocycles. The highest BCUT2D eigenvalue weighted by Crippen LogP contribution is 2.32. The van der Waals surface area contributed by atoms with Gasteiger partial charge in [0, 0.05) is 23.3 Å². The molecule has 17 heavy (non-hydrogen) atoms. The molecule has 0 saturated carbocycles. The molecular weight excluding hydrogens is 242 g/mol. The molecule has 3 N–H and O–H groups in total. The minimum Gasteiger partial charge on any atom is -0.358 e. The predicted octanol–water partition coefficient (Wildman–Crippen LogP) is 0.669. The van der Waals surface area contributed by atoms with Gasteiger partial charge in [0.25, 0.3) is 0 Å². The third-order valence-corrected chi connectivity index (χ3v) is 2.83. The van der Waals surface area contributed by atoms with Gasteiger partial charge in [-0.2, -0.15) is 0 Å². The number of carbonyl (C=O) groups excluding carboxylic acids is 2. The summed E-state index contributed by atoms with van der Waals surface area (Å²) >= 11 is 5.88. The zero-order valence-electron chi connectivity index (χ0n) is 9.21. The first-order chi connectivity index (χ1) is 8.11. The summed E-state index contributed by atoms with van der Waals surface area (Å²) in [6.07, 6.45) is 0. The van der Waals surface area contributed by atoms with E-state index in [0.29, 0.717) is 5.02 Å². The van der Waals surface area contributed by atoms with Crippen LogP contribution in [0.25, 0.3) is 0 Å². The second kappa shape index (κ2) is 4.73. The van der Waals surface area contributed by atoms with E-state index in [4.69, 9.17) is 11.6 Å². The fourth-order valence-corrected chi connectivity index (χ4v) is 1.90. The maximum atomic E-state index is 11.7. The first-order valence-electron chi connectivity index (χ1n) is 5.16. The van der Waals surface area contributed by atoms with Crippen molar-refractivity contribution in [3.8, 4) is 0 Å². The summed E-state index contributed by atoms with van der Waals surface area (Å²) in [6, 6.07) is 4.65. The molecule has 0 radical (unpaired) electrons. The SMILES string of the molecule is CNC(=O)CNC1C(=O)Nc2ccc(Cl)cc21. The highest BCUT2D eigenvalue weighted by atomic mass is 35.5. The van der Waals surface area contributed by atoms with Gasteiger partial charge in [-0.25, -0.2) is 0 Å². The largest absolute Gasteiger partial charge is 0.358 e. The molecule has 1 atom stereocenters. The molecule has 0 spiro atoms. The van der Waals surface area contributed by atoms with Crippen LogP contribution in [0.5, 0.6) is 0 Å². The number of fused-ring (bicyclic) bond motifs is 1. The number of anilines is 1. The van der Waals surface area contributed by atoms with Gasteiger partial charge in [0.15, 0.2) is 0 Å². The molecule has 2 amide bonds. The maximum absolute atomic E-state index is 11.7. The Morgan fingerprint density at radius 1 is 1.53 bits per heavy atom. The van der Waals surface area contributed by atoms with Crippen LogP contribution in [0.4, 0.5) is 5.69 Å². The second-order valence-electron chi connectivity index (χ2n) is 3.71. The Hall–Kier alpha value is -1.59. The average molecular weight is 254 g/mol. The van der Waals surface area contributed by atoms with E-state index in [0.717, 1.165) is 11.3 Å². The molecule has 0 bridgehead atoms. The van der Waals surface area contributed by atoms with Gasteiger partial charge in [-0.05, 0) is 18.2 Å². The van der Waals surface area contributed by atoms with Crippen LogP contribution >= 0.6 is 11.6 Å². The highest BCUT2D eigenvalue weighted by Gasteiger charge is 2.30. The van der Waals surface area contributed by atoms with E-state index < -0.39 is 6.04 Å². The van der Waals surface area contributed by atoms with Crippen LogP contribution in [-0.2, 0) is 9.59 Å². The molecule has 6 heteroatoms. The smallest absolute Gasteiger partial charge is 0.246 e. The third-order valence-electron chi connectivity index (χ3n) is 2.59. The molecule has 0 aliphatic carbocycles. The number of benzene rings is 1. The Bertz CT molecular complexity index is 476. The number of likely N-dealkylation sites (N-methyl/N-ethyl adjacent to an activating group) is 1. The molecule has 1 aromatic rings. The lowest BCUT2D eigenvalue weighted by Gasteiger charge is -2.10. The van der Waals surface area contributed by atoms with E-state index in [9.17, 15) is 9.59 Å². The van der Waals surface area contributed by atoms with Crippen LogP contribution in [-0.4, -0.2) is 25.4 Å². The summed E-state index contributed by atoms with van der Waals surface area (Å²) in [5.74, 6) is -0.348. The molecule has 1 aromatic carbocycles. The minimum atomic E-state index is -0.527. The minimum absolute atomic E-state index is 0.0839. The van der Waals surface area contributed by atoms with Crippen molar-refractivity contribution in [3.63, 3.8) is 0 Å². The fourth-order valence-electron chi connectivity index (χ4n) is 1.72. The summed E-state index contributed by atoms with van der Waals surface area (Å²) in [7, 11) is 1.55. The van der Waals surface area contributed by atoms with E-state index in [1.807, 2.05) is 0 Å². The first-order valence-corrected chi connectivity index (χ1v) is 5.54. The Morgan fingerprint density at radius 2 is 2.29 bits per heavy atom. The van der Waals surface area contributed by atoms with Crippen LogP contribution < -0.4 is 16.0 Å². The van der Waals surface area contributed by atoms with Crippen molar-refractivity contribution < 1.29 is 9.59 Å². The quantitative estimate of drug-likeness (QED) is 0.742. The molecule has 1 aliphatic heterocycles. The van der Waals surface area contributed by atoms with Gasteiger partial charge < -0.3 is 10.6 Å². The Labute approximate surface area is 104 Å². The van der Waals surface area contributed by atoms with Gasteiger partial charge in [-0.1, -0.05) is 11.6 Å². The highest BCUT2D eigenvalue weighted by molar-refractivity contribution is 6.31. The number of hydrogen-bond acceptors (Lipinski definition) is 3. The molecule has 0 fully saturated rings. The lowest BCUT2D eigenvalue weighted by molar-refractivity contribution is -0.120. The average Bonchev–Trinajstić information content (AvgIpc) is 2.61. The van der Waals surface area contributed by atoms with Crippen molar-refractivity contribution in [1.29, 1.82) is 0 Å². The van der Waals surface area contributed by atoms with E-state index >= 15 is 0 Å². The normalized spacial score (nSPS) is 17.5. The number of carbonyl (C=O) groups is 2. The van der Waals surface area contributed by atoms with Gasteiger partial charge in [-0.15, -0.1) is 0 Å². The fraction of sp³-hybridized carbons (Fsp3) is 0.273. The maximum Gasteiger partial charge on any atom is 0.246 e. The zero-order valence-corrected chi connectivity index (χ0v) is 9.97. The number of amides is 2. The Morgan fingerprint density at radius 3 is 3.00 bits per heavy atom. The monoisotopic (exact) mass is 253 g/mol. The second-order valence-corrected chi connectivity index (χ2v) is 4.14. The van der Waals surface area contributed by atoms with Gasteiger partial charge in [0.05, 0.1) is 6.54 Å². The third kappa shape index (κ3) is 2.40.